The average molecular weight is 294 g/mol. The minimum Gasteiger partial charge on any atom is -0.297 e. The minimum atomic E-state index is -0.671. The summed E-state index contributed by atoms with van der Waals surface area (Å²) in [6.45, 7) is 0. The van der Waals surface area contributed by atoms with Gasteiger partial charge in [0.05, 0.1) is 0 Å². The maximum atomic E-state index is 11.5. The van der Waals surface area contributed by atoms with Gasteiger partial charge in [-0.05, 0) is 37.2 Å². The molecule has 0 unspecified atom stereocenters. The molecule has 3 heterocycles. The van der Waals surface area contributed by atoms with Crippen LogP contribution in [-0.4, -0.2) is 35.5 Å². The molecule has 7 heteroatoms. The third-order valence-electron chi connectivity index (χ3n) is 3.35. The van der Waals surface area contributed by atoms with E-state index in [1.807, 2.05) is 16.7 Å². The summed E-state index contributed by atoms with van der Waals surface area (Å²) < 4.78 is 14.1. The van der Waals surface area contributed by atoms with Crippen LogP contribution in [0.3, 0.4) is 0 Å². The Morgan fingerprint density at radius 1 is 1.42 bits per heavy atom. The highest BCUT2D eigenvalue weighted by atomic mass is 32.2. The van der Waals surface area contributed by atoms with Crippen LogP contribution in [0.2, 0.25) is 0 Å². The predicted molar refractivity (Wildman–Crippen MR) is 76.8 cm³/mol. The molecule has 5 nitrogen and oxygen atoms in total. The summed E-state index contributed by atoms with van der Waals surface area (Å²) in [5.41, 5.74) is 0.946. The van der Waals surface area contributed by atoms with Gasteiger partial charge >= 0.3 is 0 Å². The Morgan fingerprint density at radius 2 is 2.21 bits per heavy atom. The van der Waals surface area contributed by atoms with Crippen LogP contribution in [0.25, 0.3) is 11.4 Å². The summed E-state index contributed by atoms with van der Waals surface area (Å²) in [5.74, 6) is 2.30. The fraction of sp³-hybridized carbons (Fsp3) is 0.417. The van der Waals surface area contributed by atoms with Crippen LogP contribution in [0.1, 0.15) is 18.9 Å². The topological polar surface area (TPSA) is 63.6 Å². The van der Waals surface area contributed by atoms with E-state index in [4.69, 9.17) is 12.2 Å². The molecule has 2 aromatic rings. The van der Waals surface area contributed by atoms with E-state index in [-0.39, 0.29) is 6.04 Å². The van der Waals surface area contributed by atoms with Crippen molar-refractivity contribution >= 4 is 23.0 Å². The number of pyridine rings is 1. The molecule has 2 aromatic heterocycles. The van der Waals surface area contributed by atoms with Crippen molar-refractivity contribution in [2.45, 2.75) is 18.9 Å². The summed E-state index contributed by atoms with van der Waals surface area (Å²) in [6, 6.07) is 4.13. The van der Waals surface area contributed by atoms with Crippen LogP contribution in [0.15, 0.2) is 24.5 Å². The van der Waals surface area contributed by atoms with Gasteiger partial charge in [-0.25, -0.2) is 0 Å². The number of hydrogen-bond acceptors (Lipinski definition) is 4. The van der Waals surface area contributed by atoms with Gasteiger partial charge in [-0.15, -0.1) is 0 Å². The zero-order chi connectivity index (χ0) is 13.2. The molecule has 1 saturated heterocycles. The molecule has 0 amide bonds. The number of rotatable bonds is 2. The average Bonchev–Trinajstić information content (AvgIpc) is 2.83. The smallest absolute Gasteiger partial charge is 0.195 e. The van der Waals surface area contributed by atoms with Gasteiger partial charge in [-0.2, -0.15) is 5.10 Å². The van der Waals surface area contributed by atoms with Crippen LogP contribution in [0.5, 0.6) is 0 Å². The highest BCUT2D eigenvalue weighted by Gasteiger charge is 2.23. The normalized spacial score (nSPS) is 23.4. The lowest BCUT2D eigenvalue weighted by Crippen LogP contribution is -2.22. The molecular formula is C12H14N4OS2. The Morgan fingerprint density at radius 3 is 2.89 bits per heavy atom. The van der Waals surface area contributed by atoms with Crippen LogP contribution >= 0.6 is 12.2 Å². The van der Waals surface area contributed by atoms with Gasteiger partial charge < -0.3 is 0 Å². The van der Waals surface area contributed by atoms with Crippen molar-refractivity contribution in [3.8, 4) is 11.4 Å². The Hall–Kier alpha value is -1.34. The SMILES string of the molecule is O=S1CCC(n2c(-c3cccnc3)n[nH]c2=S)CC1. The summed E-state index contributed by atoms with van der Waals surface area (Å²) in [6.07, 6.45) is 5.28. The first-order valence-corrected chi connectivity index (χ1v) is 8.07. The van der Waals surface area contributed by atoms with E-state index in [1.54, 1.807) is 12.4 Å². The number of hydrogen-bond donors (Lipinski definition) is 1. The van der Waals surface area contributed by atoms with Crippen LogP contribution in [-0.2, 0) is 10.8 Å². The second kappa shape index (κ2) is 5.34. The van der Waals surface area contributed by atoms with Gasteiger partial charge in [0, 0.05) is 46.3 Å². The van der Waals surface area contributed by atoms with E-state index in [0.717, 1.165) is 35.7 Å². The molecule has 1 aliphatic heterocycles. The lowest BCUT2D eigenvalue weighted by Gasteiger charge is -2.23. The van der Waals surface area contributed by atoms with Crippen molar-refractivity contribution in [1.82, 2.24) is 19.7 Å². The first-order chi connectivity index (χ1) is 9.25. The molecule has 0 aliphatic carbocycles. The summed E-state index contributed by atoms with van der Waals surface area (Å²) in [7, 11) is -0.671. The number of aromatic amines is 1. The number of nitrogens with one attached hydrogen (secondary N) is 1. The van der Waals surface area contributed by atoms with Crippen LogP contribution in [0.4, 0.5) is 0 Å². The Bertz CT molecular complexity index is 639. The summed E-state index contributed by atoms with van der Waals surface area (Å²) in [5, 5.41) is 7.17. The zero-order valence-electron chi connectivity index (χ0n) is 10.3. The molecule has 1 fully saturated rings. The third-order valence-corrected chi connectivity index (χ3v) is 5.02. The van der Waals surface area contributed by atoms with E-state index in [9.17, 15) is 4.21 Å². The monoisotopic (exact) mass is 294 g/mol. The zero-order valence-corrected chi connectivity index (χ0v) is 11.9. The fourth-order valence-corrected chi connectivity index (χ4v) is 3.94. The van der Waals surface area contributed by atoms with E-state index in [1.165, 1.54) is 0 Å². The number of aromatic nitrogens is 4. The molecule has 0 spiro atoms. The molecule has 1 aliphatic rings. The Kier molecular flexibility index (Phi) is 3.56. The molecular weight excluding hydrogens is 280 g/mol. The van der Waals surface area contributed by atoms with E-state index in [2.05, 4.69) is 15.2 Å². The lowest BCUT2D eigenvalue weighted by molar-refractivity contribution is 0.460. The molecule has 3 rings (SSSR count). The predicted octanol–water partition coefficient (Wildman–Crippen LogP) is 2.09. The minimum absolute atomic E-state index is 0.277. The first kappa shape index (κ1) is 12.7. The van der Waals surface area contributed by atoms with Gasteiger partial charge in [0.25, 0.3) is 0 Å². The number of nitrogens with zero attached hydrogens (tertiary/aromatic N) is 3. The molecule has 0 radical (unpaired) electrons. The number of H-pyrrole nitrogens is 1. The second-order valence-electron chi connectivity index (χ2n) is 4.54. The third kappa shape index (κ3) is 2.52. The maximum absolute atomic E-state index is 11.5. The van der Waals surface area contributed by atoms with Crippen molar-refractivity contribution in [3.63, 3.8) is 0 Å². The van der Waals surface area contributed by atoms with Gasteiger partial charge in [0.15, 0.2) is 10.6 Å². The molecule has 1 N–H and O–H groups in total. The molecule has 19 heavy (non-hydrogen) atoms. The van der Waals surface area contributed by atoms with Crippen molar-refractivity contribution in [2.75, 3.05) is 11.5 Å². The van der Waals surface area contributed by atoms with Gasteiger partial charge in [0.2, 0.25) is 0 Å². The molecule has 0 saturated carbocycles. The maximum Gasteiger partial charge on any atom is 0.195 e. The Labute approximate surface area is 118 Å². The Balaban J connectivity index is 2.00. The standard InChI is InChI=1S/C12H14N4OS2/c17-19-6-3-10(4-7-19)16-11(14-15-12(16)18)9-2-1-5-13-8-9/h1-2,5,8,10H,3-4,6-7H2,(H,15,18). The van der Waals surface area contributed by atoms with Gasteiger partial charge in [-0.3, -0.25) is 18.9 Å². The van der Waals surface area contributed by atoms with Gasteiger partial charge in [0.1, 0.15) is 0 Å². The summed E-state index contributed by atoms with van der Waals surface area (Å²) in [4.78, 5) is 4.12. The molecule has 0 bridgehead atoms. The van der Waals surface area contributed by atoms with Crippen molar-refractivity contribution < 1.29 is 4.21 Å². The largest absolute Gasteiger partial charge is 0.297 e. The van der Waals surface area contributed by atoms with Gasteiger partial charge in [-0.1, -0.05) is 0 Å². The fourth-order valence-electron chi connectivity index (χ4n) is 2.38. The van der Waals surface area contributed by atoms with Crippen LogP contribution in [0, 0.1) is 4.77 Å². The summed E-state index contributed by atoms with van der Waals surface area (Å²) >= 11 is 5.33. The van der Waals surface area contributed by atoms with Crippen molar-refractivity contribution in [1.29, 1.82) is 0 Å². The van der Waals surface area contributed by atoms with E-state index >= 15 is 0 Å². The van der Waals surface area contributed by atoms with E-state index < -0.39 is 10.8 Å². The lowest BCUT2D eigenvalue weighted by atomic mass is 10.1. The van der Waals surface area contributed by atoms with Crippen molar-refractivity contribution in [2.24, 2.45) is 0 Å². The molecule has 0 aromatic carbocycles. The molecule has 100 valence electrons. The first-order valence-electron chi connectivity index (χ1n) is 6.18. The molecule has 0 atom stereocenters. The highest BCUT2D eigenvalue weighted by molar-refractivity contribution is 7.85. The van der Waals surface area contributed by atoms with Crippen LogP contribution < -0.4 is 0 Å². The van der Waals surface area contributed by atoms with Crippen molar-refractivity contribution in [3.05, 3.63) is 29.3 Å². The quantitative estimate of drug-likeness (QED) is 0.861. The highest BCUT2D eigenvalue weighted by Crippen LogP contribution is 2.27. The van der Waals surface area contributed by atoms with E-state index in [0.29, 0.717) is 4.77 Å². The second-order valence-corrected chi connectivity index (χ2v) is 6.63.